The van der Waals surface area contributed by atoms with Crippen LogP contribution < -0.4 is 15.4 Å². The van der Waals surface area contributed by atoms with E-state index in [1.165, 1.54) is 0 Å². The molecule has 6 heteroatoms. The molecule has 2 heterocycles. The van der Waals surface area contributed by atoms with Crippen LogP contribution in [0.2, 0.25) is 0 Å². The highest BCUT2D eigenvalue weighted by molar-refractivity contribution is 5.46. The molecule has 1 aromatic heterocycles. The summed E-state index contributed by atoms with van der Waals surface area (Å²) in [5.41, 5.74) is 5.65. The third-order valence-corrected chi connectivity index (χ3v) is 2.66. The van der Waals surface area contributed by atoms with Crippen molar-refractivity contribution >= 4 is 11.8 Å². The van der Waals surface area contributed by atoms with Crippen molar-refractivity contribution in [2.24, 2.45) is 0 Å². The zero-order valence-electron chi connectivity index (χ0n) is 10.4. The highest BCUT2D eigenvalue weighted by Gasteiger charge is 2.23. The Morgan fingerprint density at radius 2 is 2.00 bits per heavy atom. The highest BCUT2D eigenvalue weighted by Crippen LogP contribution is 2.22. The smallest absolute Gasteiger partial charge is 0.225 e. The lowest BCUT2D eigenvalue weighted by atomic mass is 10.2. The largest absolute Gasteiger partial charge is 0.481 e. The Labute approximate surface area is 101 Å². The minimum absolute atomic E-state index is 0.181. The Balaban J connectivity index is 2.23. The number of anilines is 2. The molecule has 17 heavy (non-hydrogen) atoms. The van der Waals surface area contributed by atoms with Gasteiger partial charge in [-0.3, -0.25) is 0 Å². The fraction of sp³-hybridized carbons (Fsp3) is 0.636. The van der Waals surface area contributed by atoms with Crippen LogP contribution >= 0.6 is 0 Å². The fourth-order valence-corrected chi connectivity index (χ4v) is 2.06. The Bertz CT molecular complexity index is 389. The third kappa shape index (κ3) is 2.76. The van der Waals surface area contributed by atoms with Gasteiger partial charge in [-0.05, 0) is 13.8 Å². The quantitative estimate of drug-likeness (QED) is 0.816. The molecule has 0 aromatic carbocycles. The summed E-state index contributed by atoms with van der Waals surface area (Å²) >= 11 is 0. The van der Waals surface area contributed by atoms with Gasteiger partial charge in [-0.1, -0.05) is 0 Å². The molecule has 2 unspecified atom stereocenters. The molecule has 1 fully saturated rings. The van der Waals surface area contributed by atoms with E-state index in [1.807, 2.05) is 13.8 Å². The van der Waals surface area contributed by atoms with Gasteiger partial charge in [-0.2, -0.15) is 9.97 Å². The van der Waals surface area contributed by atoms with E-state index in [4.69, 9.17) is 15.2 Å². The van der Waals surface area contributed by atoms with Crippen molar-refractivity contribution in [1.82, 2.24) is 9.97 Å². The Kier molecular flexibility index (Phi) is 3.33. The summed E-state index contributed by atoms with van der Waals surface area (Å²) in [6, 6.07) is 1.79. The van der Waals surface area contributed by atoms with Crippen LogP contribution in [-0.4, -0.2) is 42.4 Å². The first-order valence-corrected chi connectivity index (χ1v) is 5.67. The predicted molar refractivity (Wildman–Crippen MR) is 65.2 cm³/mol. The maximum atomic E-state index is 5.68. The van der Waals surface area contributed by atoms with Crippen molar-refractivity contribution in [3.63, 3.8) is 0 Å². The number of hydrogen-bond acceptors (Lipinski definition) is 6. The molecule has 1 aliphatic rings. The van der Waals surface area contributed by atoms with Crippen molar-refractivity contribution in [3.05, 3.63) is 6.07 Å². The van der Waals surface area contributed by atoms with Gasteiger partial charge in [0.15, 0.2) is 0 Å². The topological polar surface area (TPSA) is 73.5 Å². The molecule has 0 spiro atoms. The minimum Gasteiger partial charge on any atom is -0.481 e. The van der Waals surface area contributed by atoms with Gasteiger partial charge in [-0.25, -0.2) is 0 Å². The third-order valence-electron chi connectivity index (χ3n) is 2.66. The Hall–Kier alpha value is -1.56. The molecule has 0 saturated carbocycles. The number of aromatic nitrogens is 2. The van der Waals surface area contributed by atoms with Crippen LogP contribution in [0.4, 0.5) is 11.8 Å². The summed E-state index contributed by atoms with van der Waals surface area (Å²) in [5, 5.41) is 0. The van der Waals surface area contributed by atoms with Gasteiger partial charge in [0.25, 0.3) is 0 Å². The van der Waals surface area contributed by atoms with Crippen LogP contribution in [-0.2, 0) is 4.74 Å². The number of nitrogens with two attached hydrogens (primary N) is 1. The monoisotopic (exact) mass is 238 g/mol. The maximum Gasteiger partial charge on any atom is 0.225 e. The molecule has 0 bridgehead atoms. The molecule has 1 aromatic rings. The van der Waals surface area contributed by atoms with Gasteiger partial charge in [-0.15, -0.1) is 0 Å². The average Bonchev–Trinajstić information content (AvgIpc) is 2.26. The van der Waals surface area contributed by atoms with Crippen molar-refractivity contribution in [1.29, 1.82) is 0 Å². The number of rotatable bonds is 2. The number of methoxy groups -OCH3 is 1. The molecule has 0 radical (unpaired) electrons. The first-order valence-electron chi connectivity index (χ1n) is 5.67. The first-order chi connectivity index (χ1) is 8.08. The molecule has 2 rings (SSSR count). The molecule has 1 aliphatic heterocycles. The highest BCUT2D eigenvalue weighted by atomic mass is 16.5. The van der Waals surface area contributed by atoms with Crippen molar-refractivity contribution in [2.45, 2.75) is 26.1 Å². The van der Waals surface area contributed by atoms with E-state index in [0.717, 1.165) is 18.9 Å². The standard InChI is InChI=1S/C11H18N4O2/c1-7-5-15(6-8(2)17-7)9-4-10(16-3)14-11(12)13-9/h4,7-8H,5-6H2,1-3H3,(H2,12,13,14). The molecule has 0 aliphatic carbocycles. The Morgan fingerprint density at radius 3 is 2.59 bits per heavy atom. The zero-order valence-corrected chi connectivity index (χ0v) is 10.4. The minimum atomic E-state index is 0.181. The predicted octanol–water partition coefficient (Wildman–Crippen LogP) is 0.681. The van der Waals surface area contributed by atoms with E-state index >= 15 is 0 Å². The lowest BCUT2D eigenvalue weighted by Gasteiger charge is -2.36. The number of ether oxygens (including phenoxy) is 2. The van der Waals surface area contributed by atoms with Crippen molar-refractivity contribution < 1.29 is 9.47 Å². The van der Waals surface area contributed by atoms with Gasteiger partial charge in [0.05, 0.1) is 19.3 Å². The van der Waals surface area contributed by atoms with E-state index in [-0.39, 0.29) is 18.2 Å². The lowest BCUT2D eigenvalue weighted by molar-refractivity contribution is -0.00547. The van der Waals surface area contributed by atoms with E-state index in [1.54, 1.807) is 13.2 Å². The first kappa shape index (κ1) is 11.9. The summed E-state index contributed by atoms with van der Waals surface area (Å²) < 4.78 is 10.8. The Morgan fingerprint density at radius 1 is 1.35 bits per heavy atom. The number of nitrogens with zero attached hydrogens (tertiary/aromatic N) is 3. The SMILES string of the molecule is COc1cc(N2CC(C)OC(C)C2)nc(N)n1. The van der Waals surface area contributed by atoms with Gasteiger partial charge >= 0.3 is 0 Å². The van der Waals surface area contributed by atoms with E-state index in [2.05, 4.69) is 14.9 Å². The van der Waals surface area contributed by atoms with Gasteiger partial charge in [0.2, 0.25) is 11.8 Å². The maximum absolute atomic E-state index is 5.68. The second kappa shape index (κ2) is 4.75. The number of morpholine rings is 1. The van der Waals surface area contributed by atoms with Gasteiger partial charge < -0.3 is 20.1 Å². The summed E-state index contributed by atoms with van der Waals surface area (Å²) in [6.45, 7) is 5.68. The summed E-state index contributed by atoms with van der Waals surface area (Å²) in [5.74, 6) is 1.50. The van der Waals surface area contributed by atoms with E-state index < -0.39 is 0 Å². The molecule has 1 saturated heterocycles. The zero-order chi connectivity index (χ0) is 12.4. The van der Waals surface area contributed by atoms with Crippen LogP contribution in [0.3, 0.4) is 0 Å². The number of nitrogen functional groups attached to an aromatic ring is 1. The van der Waals surface area contributed by atoms with Crippen molar-refractivity contribution in [2.75, 3.05) is 30.8 Å². The number of hydrogen-bond donors (Lipinski definition) is 1. The summed E-state index contributed by atoms with van der Waals surface area (Å²) in [6.07, 6.45) is 0.363. The molecule has 6 nitrogen and oxygen atoms in total. The molecule has 2 N–H and O–H groups in total. The molecular weight excluding hydrogens is 220 g/mol. The van der Waals surface area contributed by atoms with Crippen LogP contribution in [0, 0.1) is 0 Å². The summed E-state index contributed by atoms with van der Waals surface area (Å²) in [4.78, 5) is 10.3. The second-order valence-corrected chi connectivity index (χ2v) is 4.29. The van der Waals surface area contributed by atoms with E-state index in [9.17, 15) is 0 Å². The summed E-state index contributed by atoms with van der Waals surface area (Å²) in [7, 11) is 1.57. The van der Waals surface area contributed by atoms with Gasteiger partial charge in [0, 0.05) is 19.2 Å². The molecule has 2 atom stereocenters. The molecule has 0 amide bonds. The van der Waals surface area contributed by atoms with Crippen molar-refractivity contribution in [3.8, 4) is 5.88 Å². The normalized spacial score (nSPS) is 24.8. The fourth-order valence-electron chi connectivity index (χ4n) is 2.06. The van der Waals surface area contributed by atoms with Gasteiger partial charge in [0.1, 0.15) is 5.82 Å². The van der Waals surface area contributed by atoms with Crippen LogP contribution in [0.1, 0.15) is 13.8 Å². The molecular formula is C11H18N4O2. The second-order valence-electron chi connectivity index (χ2n) is 4.29. The van der Waals surface area contributed by atoms with Crippen LogP contribution in [0.5, 0.6) is 5.88 Å². The van der Waals surface area contributed by atoms with Crippen LogP contribution in [0.15, 0.2) is 6.07 Å². The lowest BCUT2D eigenvalue weighted by Crippen LogP contribution is -2.45. The van der Waals surface area contributed by atoms with Crippen LogP contribution in [0.25, 0.3) is 0 Å². The van der Waals surface area contributed by atoms with E-state index in [0.29, 0.717) is 5.88 Å². The average molecular weight is 238 g/mol. The molecule has 94 valence electrons.